The fraction of sp³-hybridized carbons (Fsp3) is 0.947. The lowest BCUT2D eigenvalue weighted by molar-refractivity contribution is -0.167. The third kappa shape index (κ3) is 5.18. The van der Waals surface area contributed by atoms with Crippen molar-refractivity contribution in [3.8, 4) is 0 Å². The van der Waals surface area contributed by atoms with Gasteiger partial charge in [0.2, 0.25) is 0 Å². The van der Waals surface area contributed by atoms with Crippen LogP contribution in [-0.4, -0.2) is 36.5 Å². The van der Waals surface area contributed by atoms with Crippen molar-refractivity contribution in [2.24, 2.45) is 17.3 Å². The molecule has 0 spiro atoms. The number of carbonyl (C=O) groups is 1. The van der Waals surface area contributed by atoms with E-state index in [4.69, 9.17) is 14.6 Å². The molecule has 1 aliphatic heterocycles. The SMILES string of the molecule is CCCCCC(C(=O)OCC1CCC(CO)O1)(C(C)C)C(C)C. The van der Waals surface area contributed by atoms with Crippen LogP contribution in [0.15, 0.2) is 0 Å². The molecule has 0 bridgehead atoms. The van der Waals surface area contributed by atoms with Crippen LogP contribution in [0, 0.1) is 17.3 Å². The van der Waals surface area contributed by atoms with E-state index in [0.29, 0.717) is 6.61 Å². The van der Waals surface area contributed by atoms with Crippen LogP contribution in [-0.2, 0) is 14.3 Å². The number of ether oxygens (including phenoxy) is 2. The van der Waals surface area contributed by atoms with Crippen molar-refractivity contribution in [3.05, 3.63) is 0 Å². The van der Waals surface area contributed by atoms with Gasteiger partial charge in [-0.05, 0) is 31.1 Å². The Kier molecular flexibility index (Phi) is 8.56. The number of aliphatic hydroxyl groups excluding tert-OH is 1. The van der Waals surface area contributed by atoms with Crippen LogP contribution in [0.2, 0.25) is 0 Å². The first-order valence-corrected chi connectivity index (χ1v) is 9.31. The number of unbranched alkanes of at least 4 members (excludes halogenated alkanes) is 2. The Morgan fingerprint density at radius 1 is 1.17 bits per heavy atom. The first kappa shape index (κ1) is 20.4. The summed E-state index contributed by atoms with van der Waals surface area (Å²) in [5.74, 6) is 0.428. The number of esters is 1. The molecule has 23 heavy (non-hydrogen) atoms. The number of rotatable bonds is 10. The topological polar surface area (TPSA) is 55.8 Å². The van der Waals surface area contributed by atoms with E-state index < -0.39 is 5.41 Å². The van der Waals surface area contributed by atoms with Gasteiger partial charge in [-0.15, -0.1) is 0 Å². The maximum absolute atomic E-state index is 12.9. The summed E-state index contributed by atoms with van der Waals surface area (Å²) in [6, 6.07) is 0. The molecule has 0 aromatic heterocycles. The number of hydrogen-bond donors (Lipinski definition) is 1. The minimum Gasteiger partial charge on any atom is -0.462 e. The number of hydrogen-bond acceptors (Lipinski definition) is 4. The molecular formula is C19H36O4. The Labute approximate surface area is 141 Å². The maximum Gasteiger partial charge on any atom is 0.312 e. The standard InChI is InChI=1S/C19H36O4/c1-6-7-8-11-19(14(2)3,15(4)5)18(21)22-13-17-10-9-16(12-20)23-17/h14-17,20H,6-13H2,1-5H3. The van der Waals surface area contributed by atoms with Gasteiger partial charge < -0.3 is 14.6 Å². The molecule has 0 aliphatic carbocycles. The minimum absolute atomic E-state index is 0.0450. The fourth-order valence-electron chi connectivity index (χ4n) is 3.82. The molecule has 4 nitrogen and oxygen atoms in total. The zero-order chi connectivity index (χ0) is 17.5. The number of aliphatic hydroxyl groups is 1. The van der Waals surface area contributed by atoms with Crippen LogP contribution < -0.4 is 0 Å². The lowest BCUT2D eigenvalue weighted by Crippen LogP contribution is -2.43. The third-order valence-electron chi connectivity index (χ3n) is 5.43. The highest BCUT2D eigenvalue weighted by atomic mass is 16.6. The molecule has 0 aromatic rings. The molecule has 1 heterocycles. The predicted molar refractivity (Wildman–Crippen MR) is 92.2 cm³/mol. The Hall–Kier alpha value is -0.610. The normalized spacial score (nSPS) is 22.1. The van der Waals surface area contributed by atoms with Crippen LogP contribution in [0.3, 0.4) is 0 Å². The van der Waals surface area contributed by atoms with Crippen molar-refractivity contribution in [2.45, 2.75) is 85.4 Å². The summed E-state index contributed by atoms with van der Waals surface area (Å²) in [6.07, 6.45) is 5.79. The van der Waals surface area contributed by atoms with Gasteiger partial charge >= 0.3 is 5.97 Å². The predicted octanol–water partition coefficient (Wildman–Crippen LogP) is 3.95. The summed E-state index contributed by atoms with van der Waals surface area (Å²) in [4.78, 5) is 12.9. The zero-order valence-corrected chi connectivity index (χ0v) is 15.6. The highest BCUT2D eigenvalue weighted by molar-refractivity contribution is 5.77. The van der Waals surface area contributed by atoms with Crippen molar-refractivity contribution in [2.75, 3.05) is 13.2 Å². The van der Waals surface area contributed by atoms with Gasteiger partial charge in [-0.1, -0.05) is 53.9 Å². The van der Waals surface area contributed by atoms with Crippen LogP contribution in [0.1, 0.15) is 73.1 Å². The van der Waals surface area contributed by atoms with E-state index in [2.05, 4.69) is 34.6 Å². The molecule has 0 saturated carbocycles. The second-order valence-corrected chi connectivity index (χ2v) is 7.55. The summed E-state index contributed by atoms with van der Waals surface area (Å²) in [5, 5.41) is 9.12. The molecule has 0 amide bonds. The molecule has 1 N–H and O–H groups in total. The molecule has 0 aromatic carbocycles. The van der Waals surface area contributed by atoms with E-state index in [-0.39, 0.29) is 36.6 Å². The van der Waals surface area contributed by atoms with Gasteiger partial charge in [-0.25, -0.2) is 0 Å². The fourth-order valence-corrected chi connectivity index (χ4v) is 3.82. The summed E-state index contributed by atoms with van der Waals surface area (Å²) in [5.41, 5.74) is -0.413. The van der Waals surface area contributed by atoms with Crippen LogP contribution in [0.4, 0.5) is 0 Å². The molecule has 2 unspecified atom stereocenters. The Bertz CT molecular complexity index is 343. The van der Waals surface area contributed by atoms with Gasteiger partial charge in [0.15, 0.2) is 0 Å². The van der Waals surface area contributed by atoms with Gasteiger partial charge in [0.1, 0.15) is 6.61 Å². The molecule has 1 saturated heterocycles. The van der Waals surface area contributed by atoms with E-state index in [1.54, 1.807) is 0 Å². The van der Waals surface area contributed by atoms with E-state index in [1.165, 1.54) is 0 Å². The molecule has 136 valence electrons. The Morgan fingerprint density at radius 3 is 2.26 bits per heavy atom. The first-order valence-electron chi connectivity index (χ1n) is 9.31. The van der Waals surface area contributed by atoms with Gasteiger partial charge in [-0.2, -0.15) is 0 Å². The van der Waals surface area contributed by atoms with Gasteiger partial charge in [0, 0.05) is 0 Å². The second kappa shape index (κ2) is 9.63. The Morgan fingerprint density at radius 2 is 1.78 bits per heavy atom. The largest absolute Gasteiger partial charge is 0.462 e. The second-order valence-electron chi connectivity index (χ2n) is 7.55. The van der Waals surface area contributed by atoms with E-state index in [1.807, 2.05) is 0 Å². The minimum atomic E-state index is -0.413. The van der Waals surface area contributed by atoms with Gasteiger partial charge in [-0.3, -0.25) is 4.79 Å². The third-order valence-corrected chi connectivity index (χ3v) is 5.43. The van der Waals surface area contributed by atoms with Crippen molar-refractivity contribution in [1.82, 2.24) is 0 Å². The summed E-state index contributed by atoms with van der Waals surface area (Å²) in [6.45, 7) is 11.0. The molecule has 1 rings (SSSR count). The average molecular weight is 328 g/mol. The van der Waals surface area contributed by atoms with E-state index in [0.717, 1.165) is 38.5 Å². The summed E-state index contributed by atoms with van der Waals surface area (Å²) in [7, 11) is 0. The highest BCUT2D eigenvalue weighted by Crippen LogP contribution is 2.42. The molecule has 4 heteroatoms. The quantitative estimate of drug-likeness (QED) is 0.487. The van der Waals surface area contributed by atoms with Crippen LogP contribution >= 0.6 is 0 Å². The van der Waals surface area contributed by atoms with Crippen LogP contribution in [0.25, 0.3) is 0 Å². The van der Waals surface area contributed by atoms with E-state index in [9.17, 15) is 4.79 Å². The molecule has 1 fully saturated rings. The lowest BCUT2D eigenvalue weighted by Gasteiger charge is -2.39. The number of carbonyl (C=O) groups excluding carboxylic acids is 1. The molecule has 2 atom stereocenters. The highest BCUT2D eigenvalue weighted by Gasteiger charge is 2.45. The molecular weight excluding hydrogens is 292 g/mol. The summed E-state index contributed by atoms with van der Waals surface area (Å²) < 4.78 is 11.4. The smallest absolute Gasteiger partial charge is 0.312 e. The maximum atomic E-state index is 12.9. The monoisotopic (exact) mass is 328 g/mol. The first-order chi connectivity index (χ1) is 10.9. The van der Waals surface area contributed by atoms with Crippen molar-refractivity contribution in [3.63, 3.8) is 0 Å². The summed E-state index contributed by atoms with van der Waals surface area (Å²) >= 11 is 0. The average Bonchev–Trinajstić information content (AvgIpc) is 2.96. The molecule has 1 aliphatic rings. The Balaban J connectivity index is 2.67. The van der Waals surface area contributed by atoms with E-state index >= 15 is 0 Å². The van der Waals surface area contributed by atoms with Crippen molar-refractivity contribution < 1.29 is 19.4 Å². The van der Waals surface area contributed by atoms with Crippen LogP contribution in [0.5, 0.6) is 0 Å². The lowest BCUT2D eigenvalue weighted by atomic mass is 9.66. The zero-order valence-electron chi connectivity index (χ0n) is 15.6. The van der Waals surface area contributed by atoms with Gasteiger partial charge in [0.25, 0.3) is 0 Å². The molecule has 0 radical (unpaired) electrons. The van der Waals surface area contributed by atoms with Gasteiger partial charge in [0.05, 0.1) is 24.2 Å². The van der Waals surface area contributed by atoms with Crippen molar-refractivity contribution >= 4 is 5.97 Å². The van der Waals surface area contributed by atoms with Crippen molar-refractivity contribution in [1.29, 1.82) is 0 Å².